The van der Waals surface area contributed by atoms with Crippen molar-refractivity contribution in [3.05, 3.63) is 0 Å². The predicted octanol–water partition coefficient (Wildman–Crippen LogP) is 3.22. The predicted molar refractivity (Wildman–Crippen MR) is 67.2 cm³/mol. The van der Waals surface area contributed by atoms with Crippen LogP contribution in [0.2, 0.25) is 0 Å². The highest BCUT2D eigenvalue weighted by Crippen LogP contribution is 2.06. The quantitative estimate of drug-likeness (QED) is 0.596. The average molecular weight is 215 g/mol. The molecule has 0 saturated carbocycles. The van der Waals surface area contributed by atoms with Crippen LogP contribution in [0.3, 0.4) is 0 Å². The Hall–Kier alpha value is -0.0800. The van der Waals surface area contributed by atoms with E-state index in [0.717, 1.165) is 19.1 Å². The maximum atomic E-state index is 5.49. The lowest BCUT2D eigenvalue weighted by Gasteiger charge is -2.19. The molecule has 1 N–H and O–H groups in total. The first kappa shape index (κ1) is 14.9. The van der Waals surface area contributed by atoms with Crippen molar-refractivity contribution in [3.8, 4) is 0 Å². The van der Waals surface area contributed by atoms with Crippen molar-refractivity contribution in [1.29, 1.82) is 0 Å². The molecule has 2 heteroatoms. The lowest BCUT2D eigenvalue weighted by atomic mass is 10.0. The van der Waals surface area contributed by atoms with Crippen LogP contribution in [0.5, 0.6) is 0 Å². The summed E-state index contributed by atoms with van der Waals surface area (Å²) in [5.41, 5.74) is 0. The molecule has 0 radical (unpaired) electrons. The van der Waals surface area contributed by atoms with E-state index >= 15 is 0 Å². The van der Waals surface area contributed by atoms with Gasteiger partial charge in [0, 0.05) is 12.6 Å². The molecule has 0 aromatic rings. The second-order valence-electron chi connectivity index (χ2n) is 4.75. The van der Waals surface area contributed by atoms with E-state index in [-0.39, 0.29) is 0 Å². The van der Waals surface area contributed by atoms with Crippen molar-refractivity contribution < 1.29 is 4.74 Å². The maximum Gasteiger partial charge on any atom is 0.0518 e. The molecule has 0 aliphatic carbocycles. The van der Waals surface area contributed by atoms with E-state index < -0.39 is 0 Å². The molecular formula is C13H29NO. The van der Waals surface area contributed by atoms with Crippen LogP contribution in [-0.2, 0) is 4.74 Å². The second-order valence-corrected chi connectivity index (χ2v) is 4.75. The van der Waals surface area contributed by atoms with Crippen LogP contribution in [0.25, 0.3) is 0 Å². The number of unbranched alkanes of at least 4 members (excludes halogenated alkanes) is 1. The largest absolute Gasteiger partial charge is 0.379 e. The highest BCUT2D eigenvalue weighted by Gasteiger charge is 2.07. The smallest absolute Gasteiger partial charge is 0.0518 e. The Balaban J connectivity index is 3.23. The van der Waals surface area contributed by atoms with E-state index in [4.69, 9.17) is 4.74 Å². The van der Waals surface area contributed by atoms with Crippen molar-refractivity contribution in [2.24, 2.45) is 5.92 Å². The Labute approximate surface area is 95.8 Å². The molecule has 0 heterocycles. The molecule has 15 heavy (non-hydrogen) atoms. The molecule has 0 spiro atoms. The van der Waals surface area contributed by atoms with Gasteiger partial charge in [0.05, 0.1) is 6.10 Å². The van der Waals surface area contributed by atoms with Gasteiger partial charge in [0.1, 0.15) is 0 Å². The van der Waals surface area contributed by atoms with Crippen LogP contribution in [0.15, 0.2) is 0 Å². The first-order chi connectivity index (χ1) is 7.07. The minimum atomic E-state index is 0.372. The highest BCUT2D eigenvalue weighted by atomic mass is 16.5. The van der Waals surface area contributed by atoms with E-state index in [0.29, 0.717) is 12.1 Å². The van der Waals surface area contributed by atoms with Crippen LogP contribution in [0.1, 0.15) is 53.9 Å². The summed E-state index contributed by atoms with van der Waals surface area (Å²) in [6.45, 7) is 13.0. The zero-order chi connectivity index (χ0) is 11.7. The number of rotatable bonds is 9. The van der Waals surface area contributed by atoms with E-state index in [2.05, 4.69) is 39.9 Å². The number of nitrogens with one attached hydrogen (secondary N) is 1. The van der Waals surface area contributed by atoms with E-state index in [1.54, 1.807) is 0 Å². The van der Waals surface area contributed by atoms with E-state index in [1.165, 1.54) is 19.3 Å². The molecule has 2 unspecified atom stereocenters. The van der Waals surface area contributed by atoms with Crippen molar-refractivity contribution in [3.63, 3.8) is 0 Å². The Bertz CT molecular complexity index is 136. The molecule has 0 amide bonds. The summed E-state index contributed by atoms with van der Waals surface area (Å²) in [6.07, 6.45) is 4.01. The van der Waals surface area contributed by atoms with Crippen molar-refractivity contribution in [2.75, 3.05) is 13.2 Å². The van der Waals surface area contributed by atoms with Crippen LogP contribution >= 0.6 is 0 Å². The van der Waals surface area contributed by atoms with Gasteiger partial charge in [-0.05, 0) is 46.1 Å². The minimum Gasteiger partial charge on any atom is -0.379 e. The Morgan fingerprint density at radius 3 is 2.27 bits per heavy atom. The number of hydrogen-bond acceptors (Lipinski definition) is 2. The third-order valence-electron chi connectivity index (χ3n) is 2.99. The summed E-state index contributed by atoms with van der Waals surface area (Å²) in [4.78, 5) is 0. The monoisotopic (exact) mass is 215 g/mol. The summed E-state index contributed by atoms with van der Waals surface area (Å²) in [5.74, 6) is 0.775. The van der Waals surface area contributed by atoms with Crippen LogP contribution < -0.4 is 5.32 Å². The summed E-state index contributed by atoms with van der Waals surface area (Å²) in [7, 11) is 0. The van der Waals surface area contributed by atoms with Crippen molar-refractivity contribution >= 4 is 0 Å². The Kier molecular flexibility index (Phi) is 9.12. The van der Waals surface area contributed by atoms with Gasteiger partial charge in [0.2, 0.25) is 0 Å². The zero-order valence-electron chi connectivity index (χ0n) is 11.2. The van der Waals surface area contributed by atoms with Crippen molar-refractivity contribution in [1.82, 2.24) is 5.32 Å². The molecule has 0 aliphatic rings. The SMILES string of the molecule is CCC(C)C(C)NCCCCOC(C)C. The fourth-order valence-electron chi connectivity index (χ4n) is 1.43. The van der Waals surface area contributed by atoms with Gasteiger partial charge in [-0.25, -0.2) is 0 Å². The summed E-state index contributed by atoms with van der Waals surface area (Å²) in [5, 5.41) is 3.57. The van der Waals surface area contributed by atoms with Gasteiger partial charge < -0.3 is 10.1 Å². The fraction of sp³-hybridized carbons (Fsp3) is 1.00. The molecule has 0 saturated heterocycles. The zero-order valence-corrected chi connectivity index (χ0v) is 11.2. The second kappa shape index (κ2) is 9.17. The normalized spacial score (nSPS) is 15.6. The first-order valence-electron chi connectivity index (χ1n) is 6.42. The summed E-state index contributed by atoms with van der Waals surface area (Å²) in [6, 6.07) is 0.640. The van der Waals surface area contributed by atoms with Crippen LogP contribution in [0, 0.1) is 5.92 Å². The average Bonchev–Trinajstić information content (AvgIpc) is 2.21. The summed E-state index contributed by atoms with van der Waals surface area (Å²) >= 11 is 0. The maximum absolute atomic E-state index is 5.49. The molecule has 0 aliphatic heterocycles. The molecule has 0 aromatic heterocycles. The third kappa shape index (κ3) is 8.88. The number of hydrogen-bond donors (Lipinski definition) is 1. The van der Waals surface area contributed by atoms with Crippen LogP contribution in [-0.4, -0.2) is 25.3 Å². The Morgan fingerprint density at radius 2 is 1.73 bits per heavy atom. The third-order valence-corrected chi connectivity index (χ3v) is 2.99. The lowest BCUT2D eigenvalue weighted by molar-refractivity contribution is 0.0759. The topological polar surface area (TPSA) is 21.3 Å². The molecule has 2 nitrogen and oxygen atoms in total. The van der Waals surface area contributed by atoms with Crippen molar-refractivity contribution in [2.45, 2.75) is 66.0 Å². The van der Waals surface area contributed by atoms with Gasteiger partial charge in [-0.15, -0.1) is 0 Å². The number of ether oxygens (including phenoxy) is 1. The first-order valence-corrected chi connectivity index (χ1v) is 6.42. The van der Waals surface area contributed by atoms with Gasteiger partial charge in [-0.3, -0.25) is 0 Å². The van der Waals surface area contributed by atoms with E-state index in [9.17, 15) is 0 Å². The van der Waals surface area contributed by atoms with Crippen LogP contribution in [0.4, 0.5) is 0 Å². The fourth-order valence-corrected chi connectivity index (χ4v) is 1.43. The van der Waals surface area contributed by atoms with Gasteiger partial charge >= 0.3 is 0 Å². The standard InChI is InChI=1S/C13H29NO/c1-6-12(4)13(5)14-9-7-8-10-15-11(2)3/h11-14H,6-10H2,1-5H3. The van der Waals surface area contributed by atoms with Gasteiger partial charge in [-0.2, -0.15) is 0 Å². The molecular weight excluding hydrogens is 186 g/mol. The van der Waals surface area contributed by atoms with E-state index in [1.807, 2.05) is 0 Å². The molecule has 2 atom stereocenters. The molecule has 0 aromatic carbocycles. The van der Waals surface area contributed by atoms with Gasteiger partial charge in [0.15, 0.2) is 0 Å². The van der Waals surface area contributed by atoms with Gasteiger partial charge in [-0.1, -0.05) is 20.3 Å². The molecule has 92 valence electrons. The molecule has 0 fully saturated rings. The van der Waals surface area contributed by atoms with Gasteiger partial charge in [0.25, 0.3) is 0 Å². The minimum absolute atomic E-state index is 0.372. The summed E-state index contributed by atoms with van der Waals surface area (Å²) < 4.78 is 5.49. The highest BCUT2D eigenvalue weighted by molar-refractivity contribution is 4.66. The lowest BCUT2D eigenvalue weighted by Crippen LogP contribution is -2.32. The molecule has 0 bridgehead atoms. The molecule has 0 rings (SSSR count). The Morgan fingerprint density at radius 1 is 1.07 bits per heavy atom.